The fourth-order valence-corrected chi connectivity index (χ4v) is 2.23. The van der Waals surface area contributed by atoms with E-state index in [4.69, 9.17) is 5.84 Å². The van der Waals surface area contributed by atoms with Crippen LogP contribution in [-0.2, 0) is 11.3 Å². The molecule has 1 atom stereocenters. The first-order chi connectivity index (χ1) is 9.21. The van der Waals surface area contributed by atoms with Crippen LogP contribution in [0.25, 0.3) is 0 Å². The van der Waals surface area contributed by atoms with Gasteiger partial charge < -0.3 is 15.5 Å². The summed E-state index contributed by atoms with van der Waals surface area (Å²) in [7, 11) is 1.38. The van der Waals surface area contributed by atoms with E-state index in [9.17, 15) is 4.79 Å². The maximum Gasteiger partial charge on any atom is 0.407 e. The number of hydrazine groups is 1. The number of rotatable bonds is 4. The number of hydrogen-bond acceptors (Lipinski definition) is 6. The summed E-state index contributed by atoms with van der Waals surface area (Å²) < 4.78 is 4.60. The molecule has 0 radical (unpaired) electrons. The van der Waals surface area contributed by atoms with Crippen molar-refractivity contribution in [1.29, 1.82) is 0 Å². The molecule has 2 rings (SSSR count). The highest BCUT2D eigenvalue weighted by atomic mass is 16.5. The SMILES string of the molecule is COC(=O)NC1CCN(Cc2ccnc(NN)c2)C1. The van der Waals surface area contributed by atoms with Crippen molar-refractivity contribution >= 4 is 11.9 Å². The van der Waals surface area contributed by atoms with Crippen LogP contribution in [0.2, 0.25) is 0 Å². The molecule has 0 saturated carbocycles. The van der Waals surface area contributed by atoms with E-state index < -0.39 is 0 Å². The van der Waals surface area contributed by atoms with Crippen molar-refractivity contribution in [2.45, 2.75) is 19.0 Å². The van der Waals surface area contributed by atoms with Crippen LogP contribution in [0.15, 0.2) is 18.3 Å². The third-order valence-electron chi connectivity index (χ3n) is 3.16. The van der Waals surface area contributed by atoms with Gasteiger partial charge in [-0.3, -0.25) is 4.90 Å². The monoisotopic (exact) mass is 265 g/mol. The van der Waals surface area contributed by atoms with Gasteiger partial charge in [0.2, 0.25) is 0 Å². The van der Waals surface area contributed by atoms with Crippen LogP contribution >= 0.6 is 0 Å². The highest BCUT2D eigenvalue weighted by Crippen LogP contribution is 2.14. The normalized spacial score (nSPS) is 19.2. The second-order valence-electron chi connectivity index (χ2n) is 4.55. The molecule has 1 fully saturated rings. The van der Waals surface area contributed by atoms with Crippen LogP contribution in [0.3, 0.4) is 0 Å². The summed E-state index contributed by atoms with van der Waals surface area (Å²) in [5, 5.41) is 2.82. The van der Waals surface area contributed by atoms with Crippen molar-refractivity contribution in [3.05, 3.63) is 23.9 Å². The third-order valence-corrected chi connectivity index (χ3v) is 3.16. The van der Waals surface area contributed by atoms with Gasteiger partial charge in [0.25, 0.3) is 0 Å². The molecule has 1 aromatic rings. The second kappa shape index (κ2) is 6.35. The zero-order chi connectivity index (χ0) is 13.7. The quantitative estimate of drug-likeness (QED) is 0.535. The molecule has 0 aliphatic carbocycles. The molecule has 7 nitrogen and oxygen atoms in total. The number of nitrogens with one attached hydrogen (secondary N) is 2. The van der Waals surface area contributed by atoms with Crippen LogP contribution in [0.4, 0.5) is 10.6 Å². The minimum atomic E-state index is -0.370. The Morgan fingerprint density at radius 3 is 3.26 bits per heavy atom. The van der Waals surface area contributed by atoms with E-state index in [0.717, 1.165) is 31.6 Å². The van der Waals surface area contributed by atoms with Crippen LogP contribution in [0, 0.1) is 0 Å². The molecule has 4 N–H and O–H groups in total. The van der Waals surface area contributed by atoms with E-state index in [1.165, 1.54) is 7.11 Å². The Hall–Kier alpha value is -1.86. The molecular formula is C12H19N5O2. The number of aromatic nitrogens is 1. The lowest BCUT2D eigenvalue weighted by molar-refractivity contribution is 0.166. The number of nitrogens with two attached hydrogens (primary N) is 1. The second-order valence-corrected chi connectivity index (χ2v) is 4.55. The van der Waals surface area contributed by atoms with Gasteiger partial charge in [-0.25, -0.2) is 15.6 Å². The van der Waals surface area contributed by atoms with Crippen molar-refractivity contribution in [3.63, 3.8) is 0 Å². The number of amides is 1. The van der Waals surface area contributed by atoms with Gasteiger partial charge in [-0.1, -0.05) is 0 Å². The molecule has 104 valence electrons. The fourth-order valence-electron chi connectivity index (χ4n) is 2.23. The molecule has 1 amide bonds. The topological polar surface area (TPSA) is 92.5 Å². The van der Waals surface area contributed by atoms with E-state index >= 15 is 0 Å². The summed E-state index contributed by atoms with van der Waals surface area (Å²) in [4.78, 5) is 17.5. The summed E-state index contributed by atoms with van der Waals surface area (Å²) >= 11 is 0. The predicted molar refractivity (Wildman–Crippen MR) is 71.3 cm³/mol. The Morgan fingerprint density at radius 1 is 1.68 bits per heavy atom. The van der Waals surface area contributed by atoms with Crippen molar-refractivity contribution < 1.29 is 9.53 Å². The van der Waals surface area contributed by atoms with Crippen molar-refractivity contribution in [2.24, 2.45) is 5.84 Å². The molecule has 0 bridgehead atoms. The molecule has 1 aliphatic heterocycles. The maximum absolute atomic E-state index is 11.1. The Morgan fingerprint density at radius 2 is 2.53 bits per heavy atom. The number of carbonyl (C=O) groups is 1. The Kier molecular flexibility index (Phi) is 4.53. The Bertz CT molecular complexity index is 440. The molecule has 19 heavy (non-hydrogen) atoms. The summed E-state index contributed by atoms with van der Waals surface area (Å²) in [5.41, 5.74) is 3.67. The highest BCUT2D eigenvalue weighted by molar-refractivity contribution is 5.67. The zero-order valence-electron chi connectivity index (χ0n) is 10.9. The number of nitrogen functional groups attached to an aromatic ring is 1. The van der Waals surface area contributed by atoms with Crippen LogP contribution in [0.5, 0.6) is 0 Å². The van der Waals surface area contributed by atoms with Crippen molar-refractivity contribution in [1.82, 2.24) is 15.2 Å². The molecule has 1 aromatic heterocycles. The van der Waals surface area contributed by atoms with E-state index in [2.05, 4.69) is 25.4 Å². The third kappa shape index (κ3) is 3.80. The largest absolute Gasteiger partial charge is 0.453 e. The van der Waals surface area contributed by atoms with Gasteiger partial charge in [0.05, 0.1) is 7.11 Å². The van der Waals surface area contributed by atoms with Crippen molar-refractivity contribution in [2.75, 3.05) is 25.6 Å². The zero-order valence-corrected chi connectivity index (χ0v) is 10.9. The van der Waals surface area contributed by atoms with E-state index in [1.807, 2.05) is 12.1 Å². The predicted octanol–water partition coefficient (Wildman–Crippen LogP) is 0.298. The smallest absolute Gasteiger partial charge is 0.407 e. The molecule has 0 aromatic carbocycles. The van der Waals surface area contributed by atoms with Gasteiger partial charge in [-0.2, -0.15) is 0 Å². The van der Waals surface area contributed by atoms with E-state index in [1.54, 1.807) is 6.20 Å². The number of methoxy groups -OCH3 is 1. The molecule has 1 aliphatic rings. The molecule has 2 heterocycles. The number of nitrogens with zero attached hydrogens (tertiary/aromatic N) is 2. The lowest BCUT2D eigenvalue weighted by Gasteiger charge is -2.16. The van der Waals surface area contributed by atoms with E-state index in [-0.39, 0.29) is 12.1 Å². The van der Waals surface area contributed by atoms with Crippen LogP contribution < -0.4 is 16.6 Å². The lowest BCUT2D eigenvalue weighted by atomic mass is 10.2. The maximum atomic E-state index is 11.1. The first-order valence-electron chi connectivity index (χ1n) is 6.19. The first-order valence-corrected chi connectivity index (χ1v) is 6.19. The number of alkyl carbamates (subject to hydrolysis) is 1. The van der Waals surface area contributed by atoms with Gasteiger partial charge in [0.15, 0.2) is 0 Å². The summed E-state index contributed by atoms with van der Waals surface area (Å²) in [6.45, 7) is 2.59. The van der Waals surface area contributed by atoms with Gasteiger partial charge in [0.1, 0.15) is 5.82 Å². The van der Waals surface area contributed by atoms with Crippen LogP contribution in [0.1, 0.15) is 12.0 Å². The number of hydrogen-bond donors (Lipinski definition) is 3. The lowest BCUT2D eigenvalue weighted by Crippen LogP contribution is -2.36. The number of pyridine rings is 1. The number of anilines is 1. The Labute approximate surface area is 112 Å². The molecular weight excluding hydrogens is 246 g/mol. The highest BCUT2D eigenvalue weighted by Gasteiger charge is 2.23. The molecule has 0 spiro atoms. The number of likely N-dealkylation sites (tertiary alicyclic amines) is 1. The average molecular weight is 265 g/mol. The fraction of sp³-hybridized carbons (Fsp3) is 0.500. The van der Waals surface area contributed by atoms with Crippen LogP contribution in [-0.4, -0.2) is 42.2 Å². The van der Waals surface area contributed by atoms with Gasteiger partial charge in [-0.05, 0) is 24.1 Å². The summed E-state index contributed by atoms with van der Waals surface area (Å²) in [6.07, 6.45) is 2.29. The minimum absolute atomic E-state index is 0.154. The van der Waals surface area contributed by atoms with Gasteiger partial charge in [-0.15, -0.1) is 0 Å². The summed E-state index contributed by atoms with van der Waals surface area (Å²) in [6, 6.07) is 4.03. The number of carbonyl (C=O) groups excluding carboxylic acids is 1. The van der Waals surface area contributed by atoms with Gasteiger partial charge >= 0.3 is 6.09 Å². The molecule has 1 unspecified atom stereocenters. The summed E-state index contributed by atoms with van der Waals surface area (Å²) in [5.74, 6) is 5.99. The van der Waals surface area contributed by atoms with E-state index in [0.29, 0.717) is 5.82 Å². The minimum Gasteiger partial charge on any atom is -0.453 e. The number of ether oxygens (including phenoxy) is 1. The first kappa shape index (κ1) is 13.6. The van der Waals surface area contributed by atoms with Gasteiger partial charge in [0, 0.05) is 31.9 Å². The molecule has 1 saturated heterocycles. The molecule has 7 heteroatoms. The van der Waals surface area contributed by atoms with Crippen molar-refractivity contribution in [3.8, 4) is 0 Å². The standard InChI is InChI=1S/C12H19N5O2/c1-19-12(18)15-10-3-5-17(8-10)7-9-2-4-14-11(6-9)16-13/h2,4,6,10H,3,5,7-8,13H2,1H3,(H,14,16)(H,15,18). The Balaban J connectivity index is 1.85. The average Bonchev–Trinajstić information content (AvgIpc) is 2.86.